The third kappa shape index (κ3) is 5.50. The van der Waals surface area contributed by atoms with Gasteiger partial charge in [-0.25, -0.2) is 0 Å². The standard InChI is InChI=1S/C25H31N3O4S/c1-3-19-22(18(29)15-32-19)28-23(30)17(14-25(2)11-5-6-12-25)27-24(31)21-10-9-20(33-21)16-8-4-7-13-26-16/h4,7-10,13,17,19,22H,3,5-6,11-12,14-15H2,1-2H3,(H,27,31)(H,28,30)/t17-,19-,22+/m0/s1. The molecule has 3 heterocycles. The fourth-order valence-electron chi connectivity index (χ4n) is 4.83. The van der Waals surface area contributed by atoms with E-state index in [0.717, 1.165) is 36.3 Å². The van der Waals surface area contributed by atoms with Crippen LogP contribution in [0.1, 0.15) is 62.0 Å². The first kappa shape index (κ1) is 23.6. The highest BCUT2D eigenvalue weighted by atomic mass is 32.1. The SMILES string of the molecule is CC[C@@H]1OCC(=O)[C@H]1NC(=O)[C@H](CC1(C)CCCC1)NC(=O)c1ccc(-c2ccccn2)s1. The molecule has 4 rings (SSSR count). The van der Waals surface area contributed by atoms with E-state index in [2.05, 4.69) is 22.5 Å². The van der Waals surface area contributed by atoms with Crippen LogP contribution in [0, 0.1) is 5.41 Å². The predicted octanol–water partition coefficient (Wildman–Crippen LogP) is 3.74. The van der Waals surface area contributed by atoms with E-state index in [0.29, 0.717) is 17.7 Å². The van der Waals surface area contributed by atoms with Crippen LogP contribution in [0.3, 0.4) is 0 Å². The predicted molar refractivity (Wildman–Crippen MR) is 127 cm³/mol. The summed E-state index contributed by atoms with van der Waals surface area (Å²) in [5, 5.41) is 5.83. The van der Waals surface area contributed by atoms with Gasteiger partial charge in [-0.2, -0.15) is 0 Å². The molecule has 0 unspecified atom stereocenters. The summed E-state index contributed by atoms with van der Waals surface area (Å²) in [5.41, 5.74) is 0.796. The van der Waals surface area contributed by atoms with Crippen molar-refractivity contribution in [3.8, 4) is 10.6 Å². The normalized spacial score (nSPS) is 22.8. The van der Waals surface area contributed by atoms with Gasteiger partial charge in [0.05, 0.1) is 21.6 Å². The quantitative estimate of drug-likeness (QED) is 0.614. The van der Waals surface area contributed by atoms with E-state index >= 15 is 0 Å². The molecule has 8 heteroatoms. The fourth-order valence-corrected chi connectivity index (χ4v) is 5.72. The molecule has 1 aliphatic heterocycles. The van der Waals surface area contributed by atoms with Crippen LogP contribution in [0.15, 0.2) is 36.5 Å². The lowest BCUT2D eigenvalue weighted by Crippen LogP contribution is -2.54. The zero-order chi connectivity index (χ0) is 23.4. The third-order valence-corrected chi connectivity index (χ3v) is 7.84. The number of amides is 2. The number of carbonyl (C=O) groups is 3. The molecule has 33 heavy (non-hydrogen) atoms. The van der Waals surface area contributed by atoms with Crippen LogP contribution in [-0.4, -0.2) is 47.4 Å². The van der Waals surface area contributed by atoms with Crippen molar-refractivity contribution in [3.63, 3.8) is 0 Å². The zero-order valence-electron chi connectivity index (χ0n) is 19.1. The molecule has 3 atom stereocenters. The summed E-state index contributed by atoms with van der Waals surface area (Å²) in [6.45, 7) is 4.12. The maximum absolute atomic E-state index is 13.3. The Bertz CT molecular complexity index is 1000. The molecule has 0 spiro atoms. The van der Waals surface area contributed by atoms with E-state index in [1.807, 2.05) is 31.2 Å². The van der Waals surface area contributed by atoms with Crippen molar-refractivity contribution >= 4 is 28.9 Å². The third-order valence-electron chi connectivity index (χ3n) is 6.73. The van der Waals surface area contributed by atoms with Crippen LogP contribution < -0.4 is 10.6 Å². The average Bonchev–Trinajstić information content (AvgIpc) is 3.55. The number of thiophene rings is 1. The van der Waals surface area contributed by atoms with Crippen LogP contribution in [0.4, 0.5) is 0 Å². The van der Waals surface area contributed by atoms with Crippen LogP contribution in [0.2, 0.25) is 0 Å². The van der Waals surface area contributed by atoms with Gasteiger partial charge in [-0.1, -0.05) is 32.8 Å². The maximum atomic E-state index is 13.3. The number of ether oxygens (including phenoxy) is 1. The number of pyridine rings is 1. The summed E-state index contributed by atoms with van der Waals surface area (Å²) in [4.78, 5) is 44.4. The highest BCUT2D eigenvalue weighted by Gasteiger charge is 2.40. The van der Waals surface area contributed by atoms with E-state index < -0.39 is 12.1 Å². The largest absolute Gasteiger partial charge is 0.368 e. The molecule has 1 saturated heterocycles. The minimum absolute atomic E-state index is 0.00972. The van der Waals surface area contributed by atoms with Crippen molar-refractivity contribution < 1.29 is 19.1 Å². The molecule has 7 nitrogen and oxygen atoms in total. The average molecular weight is 470 g/mol. The van der Waals surface area contributed by atoms with E-state index in [9.17, 15) is 14.4 Å². The smallest absolute Gasteiger partial charge is 0.262 e. The van der Waals surface area contributed by atoms with Crippen molar-refractivity contribution in [2.45, 2.75) is 70.6 Å². The highest BCUT2D eigenvalue weighted by Crippen LogP contribution is 2.41. The van der Waals surface area contributed by atoms with Crippen LogP contribution in [-0.2, 0) is 14.3 Å². The van der Waals surface area contributed by atoms with Gasteiger partial charge in [0.2, 0.25) is 5.91 Å². The van der Waals surface area contributed by atoms with Gasteiger partial charge in [0.1, 0.15) is 18.7 Å². The Kier molecular flexibility index (Phi) is 7.24. The van der Waals surface area contributed by atoms with Crippen molar-refractivity contribution in [1.29, 1.82) is 0 Å². The summed E-state index contributed by atoms with van der Waals surface area (Å²) in [6.07, 6.45) is 6.89. The van der Waals surface area contributed by atoms with Gasteiger partial charge in [0.15, 0.2) is 5.78 Å². The van der Waals surface area contributed by atoms with Gasteiger partial charge in [-0.3, -0.25) is 19.4 Å². The number of hydrogen-bond acceptors (Lipinski definition) is 6. The lowest BCUT2D eigenvalue weighted by molar-refractivity contribution is -0.128. The molecular formula is C25H31N3O4S. The van der Waals surface area contributed by atoms with E-state index in [4.69, 9.17) is 4.74 Å². The molecule has 0 radical (unpaired) electrons. The first-order chi connectivity index (χ1) is 15.9. The highest BCUT2D eigenvalue weighted by molar-refractivity contribution is 7.17. The summed E-state index contributed by atoms with van der Waals surface area (Å²) in [6, 6.07) is 7.91. The lowest BCUT2D eigenvalue weighted by atomic mass is 9.81. The van der Waals surface area contributed by atoms with E-state index in [1.165, 1.54) is 11.3 Å². The molecule has 2 amide bonds. The van der Waals surface area contributed by atoms with Gasteiger partial charge in [-0.15, -0.1) is 11.3 Å². The number of rotatable bonds is 8. The minimum atomic E-state index is -0.716. The molecule has 2 N–H and O–H groups in total. The zero-order valence-corrected chi connectivity index (χ0v) is 20.0. The van der Waals surface area contributed by atoms with E-state index in [1.54, 1.807) is 12.3 Å². The fraction of sp³-hybridized carbons (Fsp3) is 0.520. The second-order valence-electron chi connectivity index (χ2n) is 9.34. The summed E-state index contributed by atoms with van der Waals surface area (Å²) >= 11 is 1.35. The number of carbonyl (C=O) groups excluding carboxylic acids is 3. The second-order valence-corrected chi connectivity index (χ2v) is 10.4. The van der Waals surface area contributed by atoms with Crippen molar-refractivity contribution in [3.05, 3.63) is 41.4 Å². The Hall–Kier alpha value is -2.58. The van der Waals surface area contributed by atoms with Crippen molar-refractivity contribution in [2.24, 2.45) is 5.41 Å². The Morgan fingerprint density at radius 3 is 2.73 bits per heavy atom. The molecule has 0 aromatic carbocycles. The monoisotopic (exact) mass is 469 g/mol. The van der Waals surface area contributed by atoms with Crippen LogP contribution >= 0.6 is 11.3 Å². The number of nitrogens with one attached hydrogen (secondary N) is 2. The van der Waals surface area contributed by atoms with Crippen LogP contribution in [0.25, 0.3) is 10.6 Å². The van der Waals surface area contributed by atoms with Gasteiger partial charge in [0, 0.05) is 6.20 Å². The molecule has 2 aliphatic rings. The Morgan fingerprint density at radius 2 is 2.03 bits per heavy atom. The molecule has 2 fully saturated rings. The van der Waals surface area contributed by atoms with Crippen molar-refractivity contribution in [1.82, 2.24) is 15.6 Å². The summed E-state index contributed by atoms with van der Waals surface area (Å²) < 4.78 is 5.50. The van der Waals surface area contributed by atoms with Gasteiger partial charge in [0.25, 0.3) is 5.91 Å². The summed E-state index contributed by atoms with van der Waals surface area (Å²) in [7, 11) is 0. The Labute approximate surface area is 198 Å². The first-order valence-electron chi connectivity index (χ1n) is 11.7. The van der Waals surface area contributed by atoms with Crippen molar-refractivity contribution in [2.75, 3.05) is 6.61 Å². The second kappa shape index (κ2) is 10.1. The summed E-state index contributed by atoms with van der Waals surface area (Å²) in [5.74, 6) is -0.726. The molecule has 2 aromatic rings. The van der Waals surface area contributed by atoms with Crippen LogP contribution in [0.5, 0.6) is 0 Å². The van der Waals surface area contributed by atoms with Gasteiger partial charge < -0.3 is 15.4 Å². The van der Waals surface area contributed by atoms with Gasteiger partial charge in [-0.05, 0) is 55.4 Å². The van der Waals surface area contributed by atoms with Gasteiger partial charge >= 0.3 is 0 Å². The number of nitrogens with zero attached hydrogens (tertiary/aromatic N) is 1. The molecule has 1 saturated carbocycles. The molecule has 176 valence electrons. The Morgan fingerprint density at radius 1 is 1.24 bits per heavy atom. The molecule has 2 aromatic heterocycles. The number of aromatic nitrogens is 1. The molecule has 1 aliphatic carbocycles. The molecular weight excluding hydrogens is 438 g/mol. The number of hydrogen-bond donors (Lipinski definition) is 2. The minimum Gasteiger partial charge on any atom is -0.368 e. The first-order valence-corrected chi connectivity index (χ1v) is 12.5. The molecule has 0 bridgehead atoms. The lowest BCUT2D eigenvalue weighted by Gasteiger charge is -2.30. The van der Waals surface area contributed by atoms with E-state index in [-0.39, 0.29) is 35.7 Å². The topological polar surface area (TPSA) is 97.4 Å². The Balaban J connectivity index is 1.49. The maximum Gasteiger partial charge on any atom is 0.262 e. The number of Topliss-reactive ketones (excluding diaryl/α,β-unsaturated/α-hetero) is 1. The number of ketones is 1.